The molecule has 1 rings (SSSR count). The summed E-state index contributed by atoms with van der Waals surface area (Å²) in [7, 11) is -3.54. The summed E-state index contributed by atoms with van der Waals surface area (Å²) in [6.45, 7) is 3.19. The first-order chi connectivity index (χ1) is 7.89. The summed E-state index contributed by atoms with van der Waals surface area (Å²) >= 11 is 6.16. The van der Waals surface area contributed by atoms with Crippen LogP contribution < -0.4 is 0 Å². The second kappa shape index (κ2) is 5.38. The van der Waals surface area contributed by atoms with E-state index in [0.717, 1.165) is 0 Å². The number of hydrogen-bond donors (Lipinski definition) is 1. The second-order valence-corrected chi connectivity index (χ2v) is 7.29. The lowest BCUT2D eigenvalue weighted by Gasteiger charge is -2.30. The van der Waals surface area contributed by atoms with E-state index in [4.69, 9.17) is 11.6 Å². The van der Waals surface area contributed by atoms with E-state index in [0.29, 0.717) is 5.56 Å². The van der Waals surface area contributed by atoms with Crippen LogP contribution in [0.1, 0.15) is 31.9 Å². The molecule has 0 fully saturated rings. The van der Waals surface area contributed by atoms with E-state index in [2.05, 4.69) is 0 Å². The van der Waals surface area contributed by atoms with Crippen molar-refractivity contribution in [3.63, 3.8) is 0 Å². The third-order valence-corrected chi connectivity index (χ3v) is 6.39. The fourth-order valence-electron chi connectivity index (χ4n) is 1.71. The molecule has 5 heteroatoms. The van der Waals surface area contributed by atoms with Gasteiger partial charge in [-0.05, 0) is 12.0 Å². The Hall–Kier alpha value is -0.580. The second-order valence-electron chi connectivity index (χ2n) is 3.86. The molecule has 17 heavy (non-hydrogen) atoms. The zero-order valence-corrected chi connectivity index (χ0v) is 11.5. The lowest BCUT2D eigenvalue weighted by atomic mass is 10.0. The molecule has 96 valence electrons. The van der Waals surface area contributed by atoms with Gasteiger partial charge in [-0.3, -0.25) is 0 Å². The maximum absolute atomic E-state index is 12.0. The summed E-state index contributed by atoms with van der Waals surface area (Å²) in [5.74, 6) is -0.0891. The normalized spacial score (nSPS) is 17.4. The Kier molecular flexibility index (Phi) is 4.58. The van der Waals surface area contributed by atoms with Crippen molar-refractivity contribution >= 4 is 21.4 Å². The Labute approximate surface area is 107 Å². The fourth-order valence-corrected chi connectivity index (χ4v) is 3.56. The van der Waals surface area contributed by atoms with Crippen LogP contribution in [0.3, 0.4) is 0 Å². The molecule has 0 aliphatic carbocycles. The molecule has 0 aliphatic rings. The molecule has 0 saturated heterocycles. The molecule has 1 aromatic carbocycles. The van der Waals surface area contributed by atoms with E-state index in [1.165, 1.54) is 6.92 Å². The molecular formula is C12H17ClO3S. The van der Waals surface area contributed by atoms with Crippen molar-refractivity contribution in [3.8, 4) is 0 Å². The minimum atomic E-state index is -3.54. The first-order valence-corrected chi connectivity index (χ1v) is 7.56. The minimum Gasteiger partial charge on any atom is -0.385 e. The van der Waals surface area contributed by atoms with Gasteiger partial charge in [-0.15, -0.1) is 0 Å². The number of aliphatic hydroxyl groups excluding tert-OH is 1. The Morgan fingerprint density at radius 2 is 1.82 bits per heavy atom. The molecule has 0 bridgehead atoms. The Morgan fingerprint density at radius 3 is 2.24 bits per heavy atom. The van der Waals surface area contributed by atoms with Crippen LogP contribution in [0.25, 0.3) is 0 Å². The van der Waals surface area contributed by atoms with Gasteiger partial charge in [-0.1, -0.05) is 55.8 Å². The van der Waals surface area contributed by atoms with Gasteiger partial charge in [0.25, 0.3) is 0 Å². The SMILES string of the molecule is CCC(Cl)(C(O)c1ccccc1)S(=O)(=O)CC. The molecule has 3 nitrogen and oxygen atoms in total. The molecule has 0 saturated carbocycles. The molecule has 2 unspecified atom stereocenters. The van der Waals surface area contributed by atoms with Crippen molar-refractivity contribution in [2.24, 2.45) is 0 Å². The Morgan fingerprint density at radius 1 is 1.29 bits per heavy atom. The van der Waals surface area contributed by atoms with Gasteiger partial charge in [0.15, 0.2) is 14.0 Å². The Balaban J connectivity index is 3.20. The standard InChI is InChI=1S/C12H17ClO3S/c1-3-12(13,17(15,16)4-2)11(14)10-8-6-5-7-9-10/h5-9,11,14H,3-4H2,1-2H3. The van der Waals surface area contributed by atoms with E-state index in [1.807, 2.05) is 0 Å². The third kappa shape index (κ3) is 2.64. The van der Waals surface area contributed by atoms with E-state index in [-0.39, 0.29) is 12.2 Å². The molecular weight excluding hydrogens is 260 g/mol. The number of alkyl halides is 1. The van der Waals surface area contributed by atoms with Crippen LogP contribution in [0.2, 0.25) is 0 Å². The molecule has 0 spiro atoms. The lowest BCUT2D eigenvalue weighted by Crippen LogP contribution is -2.39. The van der Waals surface area contributed by atoms with Gasteiger partial charge < -0.3 is 5.11 Å². The van der Waals surface area contributed by atoms with Gasteiger partial charge in [0.1, 0.15) is 6.10 Å². The van der Waals surface area contributed by atoms with E-state index < -0.39 is 20.1 Å². The van der Waals surface area contributed by atoms with Crippen molar-refractivity contribution in [2.45, 2.75) is 30.6 Å². The first-order valence-electron chi connectivity index (χ1n) is 5.53. The molecule has 0 radical (unpaired) electrons. The van der Waals surface area contributed by atoms with Crippen LogP contribution in [0.5, 0.6) is 0 Å². The van der Waals surface area contributed by atoms with Crippen LogP contribution in [-0.2, 0) is 9.84 Å². The molecule has 0 aromatic heterocycles. The lowest BCUT2D eigenvalue weighted by molar-refractivity contribution is 0.154. The fraction of sp³-hybridized carbons (Fsp3) is 0.500. The number of halogens is 1. The van der Waals surface area contributed by atoms with Crippen molar-refractivity contribution in [1.82, 2.24) is 0 Å². The van der Waals surface area contributed by atoms with Crippen molar-refractivity contribution in [3.05, 3.63) is 35.9 Å². The van der Waals surface area contributed by atoms with Gasteiger partial charge in [-0.25, -0.2) is 8.42 Å². The summed E-state index contributed by atoms with van der Waals surface area (Å²) in [5.41, 5.74) is 0.515. The van der Waals surface area contributed by atoms with Gasteiger partial charge >= 0.3 is 0 Å². The quantitative estimate of drug-likeness (QED) is 0.841. The number of hydrogen-bond acceptors (Lipinski definition) is 3. The third-order valence-electron chi connectivity index (χ3n) is 2.90. The molecule has 0 heterocycles. The highest BCUT2D eigenvalue weighted by Gasteiger charge is 2.46. The zero-order chi connectivity index (χ0) is 13.1. The maximum Gasteiger partial charge on any atom is 0.175 e. The molecule has 2 atom stereocenters. The predicted octanol–water partition coefficient (Wildman–Crippen LogP) is 2.50. The van der Waals surface area contributed by atoms with Crippen LogP contribution in [0, 0.1) is 0 Å². The highest BCUT2D eigenvalue weighted by atomic mass is 35.5. The molecule has 1 aromatic rings. The van der Waals surface area contributed by atoms with Crippen molar-refractivity contribution in [1.29, 1.82) is 0 Å². The van der Waals surface area contributed by atoms with Gasteiger partial charge in [0.05, 0.1) is 0 Å². The van der Waals surface area contributed by atoms with Gasteiger partial charge in [0, 0.05) is 5.75 Å². The van der Waals surface area contributed by atoms with Crippen LogP contribution in [0.4, 0.5) is 0 Å². The monoisotopic (exact) mass is 276 g/mol. The Bertz CT molecular complexity index is 458. The number of benzene rings is 1. The number of aliphatic hydroxyl groups is 1. The average molecular weight is 277 g/mol. The van der Waals surface area contributed by atoms with E-state index in [1.54, 1.807) is 37.3 Å². The van der Waals surface area contributed by atoms with Gasteiger partial charge in [-0.2, -0.15) is 0 Å². The number of sulfone groups is 1. The maximum atomic E-state index is 12.0. The highest BCUT2D eigenvalue weighted by Crippen LogP contribution is 2.40. The zero-order valence-electron chi connectivity index (χ0n) is 9.93. The average Bonchev–Trinajstić information content (AvgIpc) is 2.37. The van der Waals surface area contributed by atoms with E-state index in [9.17, 15) is 13.5 Å². The van der Waals surface area contributed by atoms with Crippen molar-refractivity contribution < 1.29 is 13.5 Å². The summed E-state index contributed by atoms with van der Waals surface area (Å²) in [6, 6.07) is 8.62. The van der Waals surface area contributed by atoms with Gasteiger partial charge in [0.2, 0.25) is 0 Å². The summed E-state index contributed by atoms with van der Waals surface area (Å²) in [5, 5.41) is 10.2. The summed E-state index contributed by atoms with van der Waals surface area (Å²) in [4.78, 5) is 0. The van der Waals surface area contributed by atoms with E-state index >= 15 is 0 Å². The smallest absolute Gasteiger partial charge is 0.175 e. The molecule has 1 N–H and O–H groups in total. The van der Waals surface area contributed by atoms with Crippen molar-refractivity contribution in [2.75, 3.05) is 5.75 Å². The predicted molar refractivity (Wildman–Crippen MR) is 69.7 cm³/mol. The summed E-state index contributed by atoms with van der Waals surface area (Å²) in [6.07, 6.45) is -1.07. The molecule has 0 aliphatic heterocycles. The topological polar surface area (TPSA) is 54.4 Å². The van der Waals surface area contributed by atoms with Crippen LogP contribution in [-0.4, -0.2) is 23.5 Å². The molecule has 0 amide bonds. The van der Waals surface area contributed by atoms with Crippen LogP contribution in [0.15, 0.2) is 30.3 Å². The minimum absolute atomic E-state index is 0.0891. The highest BCUT2D eigenvalue weighted by molar-refractivity contribution is 7.94. The van der Waals surface area contributed by atoms with Crippen LogP contribution >= 0.6 is 11.6 Å². The largest absolute Gasteiger partial charge is 0.385 e. The first kappa shape index (κ1) is 14.5. The summed E-state index contributed by atoms with van der Waals surface area (Å²) < 4.78 is 22.3. The number of rotatable bonds is 5.